The fourth-order valence-corrected chi connectivity index (χ4v) is 3.53. The van der Waals surface area contributed by atoms with E-state index in [0.29, 0.717) is 13.1 Å². The Morgan fingerprint density at radius 1 is 1.59 bits per heavy atom. The maximum atomic E-state index is 12.0. The molecule has 0 atom stereocenters. The van der Waals surface area contributed by atoms with E-state index in [2.05, 4.69) is 20.9 Å². The van der Waals surface area contributed by atoms with Gasteiger partial charge < -0.3 is 0 Å². The highest BCUT2D eigenvalue weighted by Gasteiger charge is 2.14. The van der Waals surface area contributed by atoms with Crippen molar-refractivity contribution >= 4 is 44.4 Å². The molecule has 17 heavy (non-hydrogen) atoms. The highest BCUT2D eigenvalue weighted by Crippen LogP contribution is 2.23. The van der Waals surface area contributed by atoms with Crippen LogP contribution in [0.15, 0.2) is 26.8 Å². The number of rotatable bonds is 5. The smallest absolute Gasteiger partial charge is 0.187 e. The Kier molecular flexibility index (Phi) is 4.44. The van der Waals surface area contributed by atoms with E-state index in [0.717, 1.165) is 15.0 Å². The van der Waals surface area contributed by atoms with Gasteiger partial charge in [-0.2, -0.15) is 0 Å². The van der Waals surface area contributed by atoms with Crippen molar-refractivity contribution in [1.82, 2.24) is 9.88 Å². The molecule has 0 aliphatic heterocycles. The summed E-state index contributed by atoms with van der Waals surface area (Å²) in [6.45, 7) is 1.12. The predicted molar refractivity (Wildman–Crippen MR) is 74.8 cm³/mol. The Morgan fingerprint density at radius 2 is 2.41 bits per heavy atom. The molecule has 6 heteroatoms. The number of hydrogen-bond donors (Lipinski definition) is 0. The first-order valence-electron chi connectivity index (χ1n) is 4.98. The molecule has 0 bridgehead atoms. The molecule has 0 aliphatic carbocycles. The minimum atomic E-state index is 0.143. The minimum absolute atomic E-state index is 0.143. The fourth-order valence-electron chi connectivity index (χ4n) is 1.46. The van der Waals surface area contributed by atoms with E-state index in [1.54, 1.807) is 16.8 Å². The van der Waals surface area contributed by atoms with E-state index in [4.69, 9.17) is 0 Å². The highest BCUT2D eigenvalue weighted by atomic mass is 79.9. The number of thiazole rings is 1. The number of ketones is 1. The van der Waals surface area contributed by atoms with Crippen LogP contribution in [0.2, 0.25) is 0 Å². The lowest BCUT2D eigenvalue weighted by Crippen LogP contribution is -2.25. The lowest BCUT2D eigenvalue weighted by molar-refractivity contribution is 0.0946. The summed E-state index contributed by atoms with van der Waals surface area (Å²) >= 11 is 6.42. The minimum Gasteiger partial charge on any atom is -0.293 e. The van der Waals surface area contributed by atoms with E-state index in [1.165, 1.54) is 11.3 Å². The van der Waals surface area contributed by atoms with Gasteiger partial charge in [-0.15, -0.1) is 22.7 Å². The molecule has 0 amide bonds. The molecule has 0 saturated carbocycles. The number of carbonyl (C=O) groups is 1. The SMILES string of the molecule is CN(CC(=O)c1sccc1Br)Cc1cscn1. The number of aromatic nitrogens is 1. The molecule has 0 aliphatic rings. The van der Waals surface area contributed by atoms with Crippen LogP contribution in [0.3, 0.4) is 0 Å². The second kappa shape index (κ2) is 5.86. The van der Waals surface area contributed by atoms with Crippen LogP contribution in [0.4, 0.5) is 0 Å². The van der Waals surface area contributed by atoms with Gasteiger partial charge >= 0.3 is 0 Å². The molecule has 90 valence electrons. The van der Waals surface area contributed by atoms with Crippen molar-refractivity contribution in [3.8, 4) is 0 Å². The molecule has 0 unspecified atom stereocenters. The van der Waals surface area contributed by atoms with Crippen LogP contribution in [-0.2, 0) is 6.54 Å². The predicted octanol–water partition coefficient (Wildman–Crippen LogP) is 3.28. The molecule has 2 heterocycles. The lowest BCUT2D eigenvalue weighted by Gasteiger charge is -2.13. The molecule has 3 nitrogen and oxygen atoms in total. The summed E-state index contributed by atoms with van der Waals surface area (Å²) in [7, 11) is 1.93. The molecular formula is C11H11BrN2OS2. The first kappa shape index (κ1) is 12.9. The maximum absolute atomic E-state index is 12.0. The van der Waals surface area contributed by atoms with Gasteiger partial charge in [-0.3, -0.25) is 9.69 Å². The van der Waals surface area contributed by atoms with Gasteiger partial charge in [0.1, 0.15) is 0 Å². The number of nitrogens with zero attached hydrogens (tertiary/aromatic N) is 2. The van der Waals surface area contributed by atoms with Gasteiger partial charge in [-0.05, 0) is 34.4 Å². The van der Waals surface area contributed by atoms with E-state index in [-0.39, 0.29) is 5.78 Å². The highest BCUT2D eigenvalue weighted by molar-refractivity contribution is 9.10. The Morgan fingerprint density at radius 3 is 3.00 bits per heavy atom. The number of hydrogen-bond acceptors (Lipinski definition) is 5. The van der Waals surface area contributed by atoms with Crippen molar-refractivity contribution < 1.29 is 4.79 Å². The zero-order valence-electron chi connectivity index (χ0n) is 9.22. The third-order valence-electron chi connectivity index (χ3n) is 2.20. The van der Waals surface area contributed by atoms with Gasteiger partial charge in [0.2, 0.25) is 0 Å². The number of carbonyl (C=O) groups excluding carboxylic acids is 1. The molecule has 2 rings (SSSR count). The van der Waals surface area contributed by atoms with Gasteiger partial charge in [0.05, 0.1) is 22.6 Å². The normalized spacial score (nSPS) is 11.0. The van der Waals surface area contributed by atoms with Gasteiger partial charge in [0, 0.05) is 16.4 Å². The standard InChI is InChI=1S/C11H11BrN2OS2/c1-14(4-8-6-16-7-13-8)5-10(15)11-9(12)2-3-17-11/h2-3,6-7H,4-5H2,1H3. The van der Waals surface area contributed by atoms with Crippen LogP contribution in [0.1, 0.15) is 15.4 Å². The third-order valence-corrected chi connectivity index (χ3v) is 4.71. The molecule has 0 spiro atoms. The molecule has 0 saturated heterocycles. The van der Waals surface area contributed by atoms with Gasteiger partial charge in [-0.25, -0.2) is 4.98 Å². The fraction of sp³-hybridized carbons (Fsp3) is 0.273. The molecule has 2 aromatic rings. The second-order valence-electron chi connectivity index (χ2n) is 3.67. The zero-order valence-corrected chi connectivity index (χ0v) is 12.4. The first-order valence-corrected chi connectivity index (χ1v) is 7.60. The average Bonchev–Trinajstić information content (AvgIpc) is 2.88. The summed E-state index contributed by atoms with van der Waals surface area (Å²) in [5.41, 5.74) is 2.82. The van der Waals surface area contributed by atoms with Crippen molar-refractivity contribution in [2.45, 2.75) is 6.54 Å². The Balaban J connectivity index is 1.93. The van der Waals surface area contributed by atoms with Crippen molar-refractivity contribution in [3.05, 3.63) is 37.4 Å². The topological polar surface area (TPSA) is 33.2 Å². The maximum Gasteiger partial charge on any atom is 0.187 e. The van der Waals surface area contributed by atoms with Crippen molar-refractivity contribution in [3.63, 3.8) is 0 Å². The Hall–Kier alpha value is -0.560. The van der Waals surface area contributed by atoms with Crippen LogP contribution in [0.25, 0.3) is 0 Å². The summed E-state index contributed by atoms with van der Waals surface area (Å²) in [5.74, 6) is 0.143. The molecule has 2 aromatic heterocycles. The summed E-state index contributed by atoms with van der Waals surface area (Å²) in [6.07, 6.45) is 0. The van der Waals surface area contributed by atoms with Crippen LogP contribution < -0.4 is 0 Å². The zero-order chi connectivity index (χ0) is 12.3. The van der Waals surface area contributed by atoms with Crippen molar-refractivity contribution in [1.29, 1.82) is 0 Å². The number of halogens is 1. The molecule has 0 N–H and O–H groups in total. The Labute approximate surface area is 116 Å². The van der Waals surface area contributed by atoms with Crippen LogP contribution in [0, 0.1) is 0 Å². The summed E-state index contributed by atoms with van der Waals surface area (Å²) in [4.78, 5) is 19.0. The summed E-state index contributed by atoms with van der Waals surface area (Å²) < 4.78 is 0.884. The molecule has 0 fully saturated rings. The monoisotopic (exact) mass is 330 g/mol. The lowest BCUT2D eigenvalue weighted by atomic mass is 10.3. The van der Waals surface area contributed by atoms with Crippen LogP contribution in [-0.4, -0.2) is 29.3 Å². The van der Waals surface area contributed by atoms with Gasteiger partial charge in [0.25, 0.3) is 0 Å². The van der Waals surface area contributed by atoms with E-state index in [1.807, 2.05) is 28.8 Å². The third kappa shape index (κ3) is 3.45. The van der Waals surface area contributed by atoms with E-state index < -0.39 is 0 Å². The quantitative estimate of drug-likeness (QED) is 0.789. The van der Waals surface area contributed by atoms with Gasteiger partial charge in [0.15, 0.2) is 5.78 Å². The first-order chi connectivity index (χ1) is 8.16. The van der Waals surface area contributed by atoms with Crippen LogP contribution >= 0.6 is 38.6 Å². The van der Waals surface area contributed by atoms with Gasteiger partial charge in [-0.1, -0.05) is 0 Å². The Bertz CT molecular complexity index is 495. The number of thiophene rings is 1. The van der Waals surface area contributed by atoms with Crippen molar-refractivity contribution in [2.75, 3.05) is 13.6 Å². The largest absolute Gasteiger partial charge is 0.293 e. The number of likely N-dealkylation sites (N-methyl/N-ethyl adjacent to an activating group) is 1. The van der Waals surface area contributed by atoms with Crippen molar-refractivity contribution in [2.24, 2.45) is 0 Å². The summed E-state index contributed by atoms with van der Waals surface area (Å²) in [6, 6.07) is 1.90. The number of Topliss-reactive ketones (excluding diaryl/α,β-unsaturated/α-hetero) is 1. The van der Waals surface area contributed by atoms with E-state index >= 15 is 0 Å². The molecule has 0 radical (unpaired) electrons. The molecule has 0 aromatic carbocycles. The summed E-state index contributed by atoms with van der Waals surface area (Å²) in [5, 5.41) is 3.92. The average molecular weight is 331 g/mol. The van der Waals surface area contributed by atoms with Crippen LogP contribution in [0.5, 0.6) is 0 Å². The molecular weight excluding hydrogens is 320 g/mol. The van der Waals surface area contributed by atoms with E-state index in [9.17, 15) is 4.79 Å². The second-order valence-corrected chi connectivity index (χ2v) is 6.16.